The second kappa shape index (κ2) is 11.1. The van der Waals surface area contributed by atoms with Crippen molar-refractivity contribution in [3.05, 3.63) is 204 Å². The molecule has 2 aliphatic rings. The summed E-state index contributed by atoms with van der Waals surface area (Å²) in [7, 11) is 0. The smallest absolute Gasteiger partial charge is 0.140 e. The lowest BCUT2D eigenvalue weighted by molar-refractivity contribution is 0.438. The highest BCUT2D eigenvalue weighted by atomic mass is 16.5. The highest BCUT2D eigenvalue weighted by molar-refractivity contribution is 6.04. The minimum Gasteiger partial charge on any atom is -0.456 e. The molecule has 11 rings (SSSR count). The standard InChI is InChI=1S/C49H30N2O/c1-2-11-32(12-3-1)43-29-27-34-25-26-35-28-30-44(51-47(35)46(34)50-43)33-23-21-31(22-24-33)36-15-10-19-42-48(36)52-45-20-9-8-18-41(45)49(42)39-16-6-4-13-37(39)38-14-5-7-17-40(38)49/h1-30H. The molecule has 0 radical (unpaired) electrons. The van der Waals surface area contributed by atoms with Gasteiger partial charge in [0.15, 0.2) is 0 Å². The Labute approximate surface area is 301 Å². The van der Waals surface area contributed by atoms with E-state index in [4.69, 9.17) is 14.7 Å². The quantitative estimate of drug-likeness (QED) is 0.177. The second-order valence-electron chi connectivity index (χ2n) is 13.7. The molecule has 0 unspecified atom stereocenters. The maximum Gasteiger partial charge on any atom is 0.140 e. The van der Waals surface area contributed by atoms with Crippen LogP contribution in [0.5, 0.6) is 11.5 Å². The third-order valence-corrected chi connectivity index (χ3v) is 11.0. The molecule has 0 N–H and O–H groups in total. The molecule has 0 fully saturated rings. The van der Waals surface area contributed by atoms with E-state index in [-0.39, 0.29) is 0 Å². The number of benzene rings is 7. The number of pyridine rings is 2. The molecule has 52 heavy (non-hydrogen) atoms. The van der Waals surface area contributed by atoms with Crippen molar-refractivity contribution in [1.29, 1.82) is 0 Å². The van der Waals surface area contributed by atoms with Gasteiger partial charge in [0.1, 0.15) is 11.5 Å². The summed E-state index contributed by atoms with van der Waals surface area (Å²) in [4.78, 5) is 10.3. The Morgan fingerprint density at radius 3 is 1.48 bits per heavy atom. The monoisotopic (exact) mass is 662 g/mol. The largest absolute Gasteiger partial charge is 0.456 e. The first-order chi connectivity index (χ1) is 25.8. The van der Waals surface area contributed by atoms with E-state index < -0.39 is 5.41 Å². The Kier molecular flexibility index (Phi) is 6.17. The molecular formula is C49H30N2O. The summed E-state index contributed by atoms with van der Waals surface area (Å²) in [6.07, 6.45) is 0. The van der Waals surface area contributed by atoms with Crippen LogP contribution in [0.1, 0.15) is 22.3 Å². The van der Waals surface area contributed by atoms with Gasteiger partial charge in [-0.3, -0.25) is 0 Å². The number of aromatic nitrogens is 2. The minimum atomic E-state index is -0.487. The molecule has 7 aromatic carbocycles. The lowest BCUT2D eigenvalue weighted by Gasteiger charge is -2.40. The highest BCUT2D eigenvalue weighted by Crippen LogP contribution is 2.63. The van der Waals surface area contributed by atoms with Crippen LogP contribution in [-0.2, 0) is 5.41 Å². The van der Waals surface area contributed by atoms with Crippen LogP contribution in [0.25, 0.3) is 66.6 Å². The SMILES string of the molecule is c1ccc(-c2ccc3ccc4ccc(-c5ccc(-c6cccc7c6Oc6ccccc6C76c7ccccc7-c7ccccc76)cc5)nc4c3n2)cc1. The average molecular weight is 663 g/mol. The van der Waals surface area contributed by atoms with Crippen molar-refractivity contribution in [1.82, 2.24) is 9.97 Å². The molecule has 0 atom stereocenters. The zero-order valence-electron chi connectivity index (χ0n) is 28.1. The van der Waals surface area contributed by atoms with Crippen molar-refractivity contribution in [2.45, 2.75) is 5.41 Å². The van der Waals surface area contributed by atoms with Crippen molar-refractivity contribution in [2.24, 2.45) is 0 Å². The Morgan fingerprint density at radius 1 is 0.346 bits per heavy atom. The summed E-state index contributed by atoms with van der Waals surface area (Å²) in [6.45, 7) is 0. The maximum absolute atomic E-state index is 6.91. The minimum absolute atomic E-state index is 0.487. The van der Waals surface area contributed by atoms with E-state index in [0.29, 0.717) is 0 Å². The molecule has 9 aromatic rings. The summed E-state index contributed by atoms with van der Waals surface area (Å²) >= 11 is 0. The lowest BCUT2D eigenvalue weighted by Crippen LogP contribution is -2.32. The van der Waals surface area contributed by atoms with E-state index in [9.17, 15) is 0 Å². The molecule has 3 nitrogen and oxygen atoms in total. The lowest BCUT2D eigenvalue weighted by atomic mass is 9.65. The van der Waals surface area contributed by atoms with E-state index in [1.165, 1.54) is 27.8 Å². The Hall–Kier alpha value is -6.84. The van der Waals surface area contributed by atoms with Gasteiger partial charge >= 0.3 is 0 Å². The van der Waals surface area contributed by atoms with Crippen molar-refractivity contribution in [3.8, 4) is 56.3 Å². The Balaban J connectivity index is 1.04. The van der Waals surface area contributed by atoms with Gasteiger partial charge in [-0.05, 0) is 46.0 Å². The third-order valence-electron chi connectivity index (χ3n) is 11.0. The number of hydrogen-bond donors (Lipinski definition) is 0. The fourth-order valence-corrected chi connectivity index (χ4v) is 8.62. The van der Waals surface area contributed by atoms with Crippen LogP contribution in [0.4, 0.5) is 0 Å². The molecule has 0 saturated carbocycles. The molecule has 242 valence electrons. The van der Waals surface area contributed by atoms with Crippen LogP contribution in [0.3, 0.4) is 0 Å². The predicted molar refractivity (Wildman–Crippen MR) is 211 cm³/mol. The number of ether oxygens (including phenoxy) is 1. The number of fused-ring (bicyclic) bond motifs is 12. The van der Waals surface area contributed by atoms with Crippen LogP contribution in [-0.4, -0.2) is 9.97 Å². The highest BCUT2D eigenvalue weighted by Gasteiger charge is 2.51. The third kappa shape index (κ3) is 4.08. The summed E-state index contributed by atoms with van der Waals surface area (Å²) < 4.78 is 6.91. The molecule has 3 heteroatoms. The molecule has 1 spiro atoms. The Morgan fingerprint density at radius 2 is 0.827 bits per heavy atom. The van der Waals surface area contributed by atoms with E-state index in [1.54, 1.807) is 0 Å². The van der Waals surface area contributed by atoms with Crippen LogP contribution in [0.2, 0.25) is 0 Å². The number of rotatable bonds is 3. The molecule has 2 aromatic heterocycles. The molecule has 0 bridgehead atoms. The van der Waals surface area contributed by atoms with Crippen molar-refractivity contribution >= 4 is 21.8 Å². The molecular weight excluding hydrogens is 633 g/mol. The summed E-state index contributed by atoms with van der Waals surface area (Å²) in [5, 5.41) is 2.15. The Bertz CT molecular complexity index is 2830. The van der Waals surface area contributed by atoms with Gasteiger partial charge in [0.2, 0.25) is 0 Å². The number of para-hydroxylation sites is 2. The van der Waals surface area contributed by atoms with E-state index in [0.717, 1.165) is 72.5 Å². The second-order valence-corrected chi connectivity index (χ2v) is 13.7. The van der Waals surface area contributed by atoms with Gasteiger partial charge < -0.3 is 4.74 Å². The first-order valence-corrected chi connectivity index (χ1v) is 17.7. The number of nitrogens with zero attached hydrogens (tertiary/aromatic N) is 2. The van der Waals surface area contributed by atoms with E-state index >= 15 is 0 Å². The fraction of sp³-hybridized carbons (Fsp3) is 0.0204. The molecule has 0 saturated heterocycles. The normalized spacial score (nSPS) is 13.3. The molecule has 0 amide bonds. The predicted octanol–water partition coefficient (Wildman–Crippen LogP) is 12.3. The maximum atomic E-state index is 6.91. The van der Waals surface area contributed by atoms with Crippen LogP contribution in [0.15, 0.2) is 182 Å². The summed E-state index contributed by atoms with van der Waals surface area (Å²) in [6, 6.07) is 64.6. The van der Waals surface area contributed by atoms with Gasteiger partial charge in [0.05, 0.1) is 27.8 Å². The van der Waals surface area contributed by atoms with Crippen LogP contribution in [0, 0.1) is 0 Å². The zero-order valence-corrected chi connectivity index (χ0v) is 28.1. The topological polar surface area (TPSA) is 35.0 Å². The first kappa shape index (κ1) is 28.9. The zero-order chi connectivity index (χ0) is 34.2. The molecule has 1 aliphatic carbocycles. The van der Waals surface area contributed by atoms with Gasteiger partial charge in [-0.2, -0.15) is 0 Å². The van der Waals surface area contributed by atoms with Gasteiger partial charge in [-0.25, -0.2) is 9.97 Å². The van der Waals surface area contributed by atoms with Gasteiger partial charge in [0.25, 0.3) is 0 Å². The van der Waals surface area contributed by atoms with Gasteiger partial charge in [0, 0.05) is 38.6 Å². The number of hydrogen-bond acceptors (Lipinski definition) is 3. The summed E-state index contributed by atoms with van der Waals surface area (Å²) in [5.74, 6) is 1.79. The average Bonchev–Trinajstić information content (AvgIpc) is 3.51. The van der Waals surface area contributed by atoms with E-state index in [1.807, 2.05) is 18.2 Å². The van der Waals surface area contributed by atoms with Gasteiger partial charge in [-0.15, -0.1) is 0 Å². The summed E-state index contributed by atoms with van der Waals surface area (Å²) in [5.41, 5.74) is 15.0. The van der Waals surface area contributed by atoms with Crippen LogP contribution >= 0.6 is 0 Å². The fourth-order valence-electron chi connectivity index (χ4n) is 8.62. The molecule has 3 heterocycles. The van der Waals surface area contributed by atoms with Crippen molar-refractivity contribution in [2.75, 3.05) is 0 Å². The van der Waals surface area contributed by atoms with Gasteiger partial charge in [-0.1, -0.05) is 164 Å². The van der Waals surface area contributed by atoms with Crippen molar-refractivity contribution < 1.29 is 4.74 Å². The van der Waals surface area contributed by atoms with E-state index in [2.05, 4.69) is 164 Å². The first-order valence-electron chi connectivity index (χ1n) is 17.7. The molecule has 1 aliphatic heterocycles. The van der Waals surface area contributed by atoms with Crippen LogP contribution < -0.4 is 4.74 Å². The van der Waals surface area contributed by atoms with Crippen molar-refractivity contribution in [3.63, 3.8) is 0 Å².